The molecule has 0 amide bonds. The fourth-order valence-corrected chi connectivity index (χ4v) is 3.70. The maximum absolute atomic E-state index is 5.76. The molecule has 1 aliphatic carbocycles. The van der Waals surface area contributed by atoms with E-state index in [1.165, 1.54) is 31.2 Å². The third kappa shape index (κ3) is 3.05. The summed E-state index contributed by atoms with van der Waals surface area (Å²) >= 11 is 0. The van der Waals surface area contributed by atoms with Gasteiger partial charge in [0.1, 0.15) is 11.5 Å². The fourth-order valence-electron chi connectivity index (χ4n) is 3.70. The molecule has 1 aliphatic rings. The molecular formula is C17H29NO. The third-order valence-corrected chi connectivity index (χ3v) is 4.77. The van der Waals surface area contributed by atoms with Gasteiger partial charge in [0.15, 0.2) is 0 Å². The van der Waals surface area contributed by atoms with Gasteiger partial charge in [0.25, 0.3) is 0 Å². The molecule has 0 aromatic carbocycles. The molecule has 2 heteroatoms. The van der Waals surface area contributed by atoms with Gasteiger partial charge in [-0.15, -0.1) is 0 Å². The number of hydrogen-bond donors (Lipinski definition) is 1. The number of rotatable bonds is 5. The van der Waals surface area contributed by atoms with Crippen molar-refractivity contribution in [1.29, 1.82) is 0 Å². The van der Waals surface area contributed by atoms with Gasteiger partial charge in [-0.1, -0.05) is 27.2 Å². The second kappa shape index (κ2) is 5.70. The van der Waals surface area contributed by atoms with E-state index in [1.54, 1.807) is 0 Å². The standard InChI is InChI=1S/C17H29NO/c1-6-10-18-16(14-11-12(2)19-13(14)3)15-8-7-9-17(15,4)5/h11,15-16,18H,6-10H2,1-5H3. The molecule has 1 heterocycles. The Bertz CT molecular complexity index is 419. The summed E-state index contributed by atoms with van der Waals surface area (Å²) in [6.07, 6.45) is 5.22. The average molecular weight is 263 g/mol. The average Bonchev–Trinajstić information content (AvgIpc) is 2.83. The number of hydrogen-bond acceptors (Lipinski definition) is 2. The molecule has 1 saturated carbocycles. The summed E-state index contributed by atoms with van der Waals surface area (Å²) in [6, 6.07) is 2.69. The predicted molar refractivity (Wildman–Crippen MR) is 80.3 cm³/mol. The van der Waals surface area contributed by atoms with E-state index in [9.17, 15) is 0 Å². The molecule has 0 spiro atoms. The molecule has 2 atom stereocenters. The van der Waals surface area contributed by atoms with Crippen LogP contribution in [0.5, 0.6) is 0 Å². The van der Waals surface area contributed by atoms with Crippen LogP contribution in [0.1, 0.15) is 69.6 Å². The molecule has 1 fully saturated rings. The topological polar surface area (TPSA) is 25.2 Å². The molecule has 1 N–H and O–H groups in total. The van der Waals surface area contributed by atoms with Crippen LogP contribution in [0.2, 0.25) is 0 Å². The van der Waals surface area contributed by atoms with E-state index >= 15 is 0 Å². The maximum Gasteiger partial charge on any atom is 0.105 e. The highest BCUT2D eigenvalue weighted by Gasteiger charge is 2.40. The first kappa shape index (κ1) is 14.6. The summed E-state index contributed by atoms with van der Waals surface area (Å²) in [6.45, 7) is 12.3. The Morgan fingerprint density at radius 2 is 2.16 bits per heavy atom. The van der Waals surface area contributed by atoms with Gasteiger partial charge < -0.3 is 9.73 Å². The highest BCUT2D eigenvalue weighted by molar-refractivity contribution is 5.25. The summed E-state index contributed by atoms with van der Waals surface area (Å²) in [5.41, 5.74) is 1.81. The van der Waals surface area contributed by atoms with Crippen LogP contribution in [0.25, 0.3) is 0 Å². The van der Waals surface area contributed by atoms with Crippen molar-refractivity contribution in [3.8, 4) is 0 Å². The summed E-state index contributed by atoms with van der Waals surface area (Å²) in [4.78, 5) is 0. The van der Waals surface area contributed by atoms with Crippen LogP contribution in [0, 0.1) is 25.2 Å². The Hall–Kier alpha value is -0.760. The first-order valence-corrected chi connectivity index (χ1v) is 7.76. The molecule has 1 aromatic rings. The second-order valence-electron chi connectivity index (χ2n) is 6.79. The quantitative estimate of drug-likeness (QED) is 0.828. The Morgan fingerprint density at radius 1 is 1.42 bits per heavy atom. The van der Waals surface area contributed by atoms with Gasteiger partial charge in [0, 0.05) is 11.6 Å². The normalized spacial score (nSPS) is 23.7. The van der Waals surface area contributed by atoms with Crippen molar-refractivity contribution < 1.29 is 4.42 Å². The zero-order valence-electron chi connectivity index (χ0n) is 13.2. The van der Waals surface area contributed by atoms with Crippen LogP contribution >= 0.6 is 0 Å². The summed E-state index contributed by atoms with van der Waals surface area (Å²) in [5.74, 6) is 2.84. The number of aryl methyl sites for hydroxylation is 2. The van der Waals surface area contributed by atoms with Gasteiger partial charge in [0.2, 0.25) is 0 Å². The van der Waals surface area contributed by atoms with E-state index in [0.29, 0.717) is 11.5 Å². The van der Waals surface area contributed by atoms with Gasteiger partial charge in [-0.25, -0.2) is 0 Å². The molecule has 0 aliphatic heterocycles. The number of nitrogens with one attached hydrogen (secondary N) is 1. The Labute approximate surface area is 118 Å². The van der Waals surface area contributed by atoms with Crippen LogP contribution < -0.4 is 5.32 Å². The van der Waals surface area contributed by atoms with Gasteiger partial charge in [-0.2, -0.15) is 0 Å². The lowest BCUT2D eigenvalue weighted by Gasteiger charge is -2.35. The van der Waals surface area contributed by atoms with Crippen LogP contribution in [-0.4, -0.2) is 6.54 Å². The van der Waals surface area contributed by atoms with Gasteiger partial charge >= 0.3 is 0 Å². The summed E-state index contributed by atoms with van der Waals surface area (Å²) < 4.78 is 5.76. The van der Waals surface area contributed by atoms with E-state index < -0.39 is 0 Å². The Kier molecular flexibility index (Phi) is 4.39. The largest absolute Gasteiger partial charge is 0.466 e. The summed E-state index contributed by atoms with van der Waals surface area (Å²) in [5, 5.41) is 3.78. The molecule has 0 saturated heterocycles. The van der Waals surface area contributed by atoms with Crippen LogP contribution in [0.3, 0.4) is 0 Å². The molecule has 108 valence electrons. The fraction of sp³-hybridized carbons (Fsp3) is 0.765. The van der Waals surface area contributed by atoms with Crippen molar-refractivity contribution in [2.24, 2.45) is 11.3 Å². The lowest BCUT2D eigenvalue weighted by atomic mass is 9.75. The van der Waals surface area contributed by atoms with Crippen LogP contribution in [0.15, 0.2) is 10.5 Å². The van der Waals surface area contributed by atoms with Crippen molar-refractivity contribution in [3.05, 3.63) is 23.2 Å². The van der Waals surface area contributed by atoms with Crippen molar-refractivity contribution in [2.75, 3.05) is 6.54 Å². The minimum absolute atomic E-state index is 0.434. The van der Waals surface area contributed by atoms with E-state index in [4.69, 9.17) is 4.42 Å². The third-order valence-electron chi connectivity index (χ3n) is 4.77. The van der Waals surface area contributed by atoms with Crippen molar-refractivity contribution in [3.63, 3.8) is 0 Å². The maximum atomic E-state index is 5.76. The Morgan fingerprint density at radius 3 is 2.63 bits per heavy atom. The Balaban J connectivity index is 2.28. The van der Waals surface area contributed by atoms with Gasteiger partial charge in [-0.05, 0) is 57.1 Å². The van der Waals surface area contributed by atoms with Gasteiger partial charge in [0.05, 0.1) is 0 Å². The van der Waals surface area contributed by atoms with Crippen molar-refractivity contribution in [1.82, 2.24) is 5.32 Å². The SMILES string of the molecule is CCCNC(c1cc(C)oc1C)C1CCCC1(C)C. The van der Waals surface area contributed by atoms with E-state index in [-0.39, 0.29) is 0 Å². The highest BCUT2D eigenvalue weighted by Crippen LogP contribution is 2.49. The molecule has 19 heavy (non-hydrogen) atoms. The van der Waals surface area contributed by atoms with Crippen molar-refractivity contribution >= 4 is 0 Å². The minimum Gasteiger partial charge on any atom is -0.466 e. The molecule has 2 unspecified atom stereocenters. The lowest BCUT2D eigenvalue weighted by Crippen LogP contribution is -2.34. The monoisotopic (exact) mass is 263 g/mol. The van der Waals surface area contributed by atoms with Gasteiger partial charge in [-0.3, -0.25) is 0 Å². The molecule has 2 nitrogen and oxygen atoms in total. The van der Waals surface area contributed by atoms with E-state index in [2.05, 4.69) is 39.1 Å². The smallest absolute Gasteiger partial charge is 0.105 e. The molecule has 0 radical (unpaired) electrons. The zero-order chi connectivity index (χ0) is 14.0. The second-order valence-corrected chi connectivity index (χ2v) is 6.79. The first-order valence-electron chi connectivity index (χ1n) is 7.76. The summed E-state index contributed by atoms with van der Waals surface area (Å²) in [7, 11) is 0. The predicted octanol–water partition coefficient (Wildman–Crippen LogP) is 4.76. The lowest BCUT2D eigenvalue weighted by molar-refractivity contribution is 0.196. The highest BCUT2D eigenvalue weighted by atomic mass is 16.3. The van der Waals surface area contributed by atoms with Crippen molar-refractivity contribution in [2.45, 2.75) is 66.3 Å². The number of furan rings is 1. The molecule has 2 rings (SSSR count). The van der Waals surface area contributed by atoms with Crippen LogP contribution in [0.4, 0.5) is 0 Å². The molecule has 1 aromatic heterocycles. The molecular weight excluding hydrogens is 234 g/mol. The van der Waals surface area contributed by atoms with Crippen LogP contribution in [-0.2, 0) is 0 Å². The zero-order valence-corrected chi connectivity index (χ0v) is 13.2. The molecule has 0 bridgehead atoms. The minimum atomic E-state index is 0.434. The first-order chi connectivity index (χ1) is 8.95. The van der Waals surface area contributed by atoms with E-state index in [0.717, 1.165) is 24.0 Å². The van der Waals surface area contributed by atoms with E-state index in [1.807, 2.05) is 6.92 Å².